The van der Waals surface area contributed by atoms with Crippen molar-refractivity contribution in [1.29, 1.82) is 5.26 Å². The predicted octanol–water partition coefficient (Wildman–Crippen LogP) is 3.84. The summed E-state index contributed by atoms with van der Waals surface area (Å²) in [6, 6.07) is 12.2. The maximum atomic E-state index is 10.1. The first-order valence-corrected chi connectivity index (χ1v) is 10.9. The van der Waals surface area contributed by atoms with E-state index >= 15 is 0 Å². The van der Waals surface area contributed by atoms with Crippen molar-refractivity contribution in [3.05, 3.63) is 65.9 Å². The Bertz CT molecular complexity index is 1280. The van der Waals surface area contributed by atoms with Gasteiger partial charge in [-0.1, -0.05) is 6.07 Å². The predicted molar refractivity (Wildman–Crippen MR) is 120 cm³/mol. The Morgan fingerprint density at radius 3 is 2.81 bits per heavy atom. The van der Waals surface area contributed by atoms with Crippen LogP contribution in [0, 0.1) is 18.3 Å². The summed E-state index contributed by atoms with van der Waals surface area (Å²) in [7, 11) is 0. The maximum absolute atomic E-state index is 10.1. The van der Waals surface area contributed by atoms with Gasteiger partial charge in [0.25, 0.3) is 0 Å². The Morgan fingerprint density at radius 2 is 2.06 bits per heavy atom. The van der Waals surface area contributed by atoms with Crippen LogP contribution >= 0.6 is 0 Å². The summed E-state index contributed by atoms with van der Waals surface area (Å²) in [4.78, 5) is 4.38. The molecule has 0 radical (unpaired) electrons. The number of aromatic nitrogens is 5. The molecule has 1 aliphatic rings. The van der Waals surface area contributed by atoms with E-state index in [4.69, 9.17) is 9.84 Å². The lowest BCUT2D eigenvalue weighted by atomic mass is 10.1. The molecule has 1 atom stereocenters. The number of nitriles is 1. The van der Waals surface area contributed by atoms with Crippen molar-refractivity contribution in [2.75, 3.05) is 13.1 Å². The van der Waals surface area contributed by atoms with E-state index in [9.17, 15) is 5.26 Å². The lowest BCUT2D eigenvalue weighted by molar-refractivity contribution is 0.224. The van der Waals surface area contributed by atoms with Crippen molar-refractivity contribution in [2.24, 2.45) is 0 Å². The molecule has 0 saturated carbocycles. The van der Waals surface area contributed by atoms with Gasteiger partial charge in [0.1, 0.15) is 34.7 Å². The standard InChI is InChI=1S/C24H25N7O/c1-16-20(15-28-31(16)18-8-11-26-12-9-18)23-19(14-25)24-22(7-5-13-30(24)29-23)32-17(2)21-6-3-4-10-27-21/h3-7,10,13,15,17-18,26H,8-9,11-12H2,1-2H3/t17-/m1/s1. The third-order valence-electron chi connectivity index (χ3n) is 6.09. The van der Waals surface area contributed by atoms with Gasteiger partial charge in [0.15, 0.2) is 0 Å². The van der Waals surface area contributed by atoms with Gasteiger partial charge in [-0.25, -0.2) is 4.52 Å². The Balaban J connectivity index is 1.55. The average molecular weight is 428 g/mol. The fraction of sp³-hybridized carbons (Fsp3) is 0.333. The molecule has 4 aromatic heterocycles. The Kier molecular flexibility index (Phi) is 5.33. The average Bonchev–Trinajstić information content (AvgIpc) is 3.40. The molecule has 1 aliphatic heterocycles. The minimum Gasteiger partial charge on any atom is -0.482 e. The first-order chi connectivity index (χ1) is 15.7. The summed E-state index contributed by atoms with van der Waals surface area (Å²) < 4.78 is 10.0. The highest BCUT2D eigenvalue weighted by atomic mass is 16.5. The summed E-state index contributed by atoms with van der Waals surface area (Å²) in [6.07, 6.45) is 7.23. The van der Waals surface area contributed by atoms with E-state index in [1.54, 1.807) is 10.7 Å². The molecule has 0 aliphatic carbocycles. The molecule has 5 rings (SSSR count). The van der Waals surface area contributed by atoms with E-state index in [1.165, 1.54) is 0 Å². The second-order valence-electron chi connectivity index (χ2n) is 8.09. The van der Waals surface area contributed by atoms with Crippen LogP contribution in [0.4, 0.5) is 0 Å². The molecule has 0 aromatic carbocycles. The molecule has 162 valence electrons. The lowest BCUT2D eigenvalue weighted by Crippen LogP contribution is -2.30. The number of fused-ring (bicyclic) bond motifs is 1. The fourth-order valence-electron chi connectivity index (χ4n) is 4.40. The van der Waals surface area contributed by atoms with Crippen LogP contribution in [0.5, 0.6) is 5.75 Å². The molecule has 1 saturated heterocycles. The zero-order valence-corrected chi connectivity index (χ0v) is 18.2. The highest BCUT2D eigenvalue weighted by Gasteiger charge is 2.25. The number of hydrogen-bond donors (Lipinski definition) is 1. The molecule has 0 bridgehead atoms. The van der Waals surface area contributed by atoms with Crippen molar-refractivity contribution in [3.63, 3.8) is 0 Å². The zero-order valence-electron chi connectivity index (χ0n) is 18.2. The molecule has 0 spiro atoms. The SMILES string of the molecule is Cc1c(-c2nn3cccc(O[C@H](C)c4ccccn4)c3c2C#N)cnn1C1CCNCC1. The van der Waals surface area contributed by atoms with Gasteiger partial charge in [-0.15, -0.1) is 0 Å². The first kappa shape index (κ1) is 20.2. The second-order valence-corrected chi connectivity index (χ2v) is 8.09. The Morgan fingerprint density at radius 1 is 1.22 bits per heavy atom. The number of piperidine rings is 1. The number of ether oxygens (including phenoxy) is 1. The molecule has 1 fully saturated rings. The van der Waals surface area contributed by atoms with Crippen molar-refractivity contribution < 1.29 is 4.74 Å². The molecule has 0 amide bonds. The molecule has 4 aromatic rings. The molecule has 5 heterocycles. The third kappa shape index (κ3) is 3.51. The zero-order chi connectivity index (χ0) is 22.1. The summed E-state index contributed by atoms with van der Waals surface area (Å²) in [5.41, 5.74) is 4.51. The van der Waals surface area contributed by atoms with Crippen molar-refractivity contribution in [1.82, 2.24) is 29.7 Å². The normalized spacial score (nSPS) is 15.5. The highest BCUT2D eigenvalue weighted by Crippen LogP contribution is 2.35. The number of nitrogens with one attached hydrogen (secondary N) is 1. The van der Waals surface area contributed by atoms with Crippen LogP contribution in [0.25, 0.3) is 16.8 Å². The quantitative estimate of drug-likeness (QED) is 0.520. The van der Waals surface area contributed by atoms with E-state index in [0.29, 0.717) is 28.6 Å². The third-order valence-corrected chi connectivity index (χ3v) is 6.09. The number of rotatable bonds is 5. The van der Waals surface area contributed by atoms with Gasteiger partial charge < -0.3 is 10.1 Å². The highest BCUT2D eigenvalue weighted by molar-refractivity contribution is 5.81. The molecule has 0 unspecified atom stereocenters. The van der Waals surface area contributed by atoms with Crippen LogP contribution in [0.1, 0.15) is 48.9 Å². The largest absolute Gasteiger partial charge is 0.482 e. The summed E-state index contributed by atoms with van der Waals surface area (Å²) in [5.74, 6) is 0.601. The summed E-state index contributed by atoms with van der Waals surface area (Å²) in [6.45, 7) is 5.98. The van der Waals surface area contributed by atoms with Gasteiger partial charge in [0, 0.05) is 23.7 Å². The second kappa shape index (κ2) is 8.44. The van der Waals surface area contributed by atoms with Gasteiger partial charge >= 0.3 is 0 Å². The van der Waals surface area contributed by atoms with E-state index in [2.05, 4.69) is 33.1 Å². The van der Waals surface area contributed by atoms with Crippen LogP contribution < -0.4 is 10.1 Å². The number of nitrogens with zero attached hydrogens (tertiary/aromatic N) is 6. The monoisotopic (exact) mass is 427 g/mol. The van der Waals surface area contributed by atoms with Crippen molar-refractivity contribution in [2.45, 2.75) is 38.8 Å². The molecule has 32 heavy (non-hydrogen) atoms. The van der Waals surface area contributed by atoms with Gasteiger partial charge in [0.2, 0.25) is 0 Å². The number of hydrogen-bond acceptors (Lipinski definition) is 6. The van der Waals surface area contributed by atoms with Crippen molar-refractivity contribution >= 4 is 5.52 Å². The van der Waals surface area contributed by atoms with Crippen LogP contribution in [0.15, 0.2) is 48.9 Å². The van der Waals surface area contributed by atoms with Gasteiger partial charge in [0.05, 0.1) is 17.9 Å². The number of pyridine rings is 2. The lowest BCUT2D eigenvalue weighted by Gasteiger charge is -2.24. The Hall–Kier alpha value is -3.70. The molecule has 8 nitrogen and oxygen atoms in total. The summed E-state index contributed by atoms with van der Waals surface area (Å²) >= 11 is 0. The van der Waals surface area contributed by atoms with Crippen LogP contribution in [0.2, 0.25) is 0 Å². The minimum atomic E-state index is -0.267. The van der Waals surface area contributed by atoms with Crippen LogP contribution in [-0.4, -0.2) is 37.5 Å². The maximum Gasteiger partial charge on any atom is 0.147 e. The van der Waals surface area contributed by atoms with E-state index in [1.807, 2.05) is 49.6 Å². The Labute approximate surface area is 186 Å². The van der Waals surface area contributed by atoms with Gasteiger partial charge in [-0.2, -0.15) is 15.5 Å². The van der Waals surface area contributed by atoms with Gasteiger partial charge in [-0.3, -0.25) is 9.67 Å². The molecule has 8 heteroatoms. The van der Waals surface area contributed by atoms with E-state index in [-0.39, 0.29) is 6.10 Å². The van der Waals surface area contributed by atoms with E-state index in [0.717, 1.165) is 42.9 Å². The fourth-order valence-corrected chi connectivity index (χ4v) is 4.40. The topological polar surface area (TPSA) is 93.1 Å². The molecular formula is C24H25N7O. The minimum absolute atomic E-state index is 0.267. The van der Waals surface area contributed by atoms with Crippen molar-refractivity contribution in [3.8, 4) is 23.1 Å². The van der Waals surface area contributed by atoms with Crippen LogP contribution in [-0.2, 0) is 0 Å². The first-order valence-electron chi connectivity index (χ1n) is 10.9. The smallest absolute Gasteiger partial charge is 0.147 e. The molecular weight excluding hydrogens is 402 g/mol. The van der Waals surface area contributed by atoms with Crippen LogP contribution in [0.3, 0.4) is 0 Å². The van der Waals surface area contributed by atoms with E-state index < -0.39 is 0 Å². The summed E-state index contributed by atoms with van der Waals surface area (Å²) in [5, 5.41) is 22.9. The van der Waals surface area contributed by atoms with Gasteiger partial charge in [-0.05, 0) is 64.0 Å². The molecule has 1 N–H and O–H groups in total.